The Bertz CT molecular complexity index is 778. The third kappa shape index (κ3) is 2.73. The van der Waals surface area contributed by atoms with Crippen molar-refractivity contribution in [3.63, 3.8) is 0 Å². The zero-order valence-corrected chi connectivity index (χ0v) is 13.4. The Hall–Kier alpha value is -2.94. The molecule has 6 N–H and O–H groups in total. The first kappa shape index (κ1) is 15.0. The third-order valence-corrected chi connectivity index (χ3v) is 4.11. The normalized spacial score (nSPS) is 10.7. The van der Waals surface area contributed by atoms with Gasteiger partial charge in [-0.3, -0.25) is 0 Å². The lowest BCUT2D eigenvalue weighted by Gasteiger charge is -2.17. The smallest absolute Gasteiger partial charge is 0.0515 e. The van der Waals surface area contributed by atoms with Gasteiger partial charge in [0.15, 0.2) is 0 Å². The Morgan fingerprint density at radius 3 is 1.26 bits per heavy atom. The molecule has 0 aliphatic rings. The van der Waals surface area contributed by atoms with E-state index in [2.05, 4.69) is 38.1 Å². The number of rotatable bonds is 2. The fourth-order valence-corrected chi connectivity index (χ4v) is 2.83. The maximum absolute atomic E-state index is 6.47. The summed E-state index contributed by atoms with van der Waals surface area (Å²) in [6.45, 7) is 4.11. The molecule has 0 bridgehead atoms. The van der Waals surface area contributed by atoms with Crippen LogP contribution in [-0.4, -0.2) is 0 Å². The van der Waals surface area contributed by atoms with E-state index in [0.717, 1.165) is 22.3 Å². The molecule has 0 spiro atoms. The van der Waals surface area contributed by atoms with Gasteiger partial charge in [0.05, 0.1) is 5.69 Å². The number of nitrogens with two attached hydrogens (primary N) is 3. The summed E-state index contributed by atoms with van der Waals surface area (Å²) in [6.07, 6.45) is 0. The van der Waals surface area contributed by atoms with Gasteiger partial charge in [-0.2, -0.15) is 0 Å². The molecule has 0 radical (unpaired) electrons. The minimum Gasteiger partial charge on any atom is -0.398 e. The molecule has 0 saturated carbocycles. The lowest BCUT2D eigenvalue weighted by molar-refractivity contribution is 1.46. The molecule has 0 aliphatic carbocycles. The van der Waals surface area contributed by atoms with Crippen molar-refractivity contribution < 1.29 is 0 Å². The van der Waals surface area contributed by atoms with Crippen molar-refractivity contribution in [2.45, 2.75) is 13.8 Å². The molecule has 0 fully saturated rings. The van der Waals surface area contributed by atoms with Crippen LogP contribution in [0.15, 0.2) is 54.6 Å². The monoisotopic (exact) mass is 303 g/mol. The molecule has 3 heteroatoms. The standard InChI is InChI=1S/C20H21N3/c1-12-3-7-14(8-4-12)18-16(21)11-17(22)19(20(18)23)15-9-5-13(2)6-10-15/h3-11H,21-23H2,1-2H3. The zero-order valence-electron chi connectivity index (χ0n) is 13.4. The van der Waals surface area contributed by atoms with Crippen molar-refractivity contribution in [1.29, 1.82) is 0 Å². The second kappa shape index (κ2) is 5.69. The topological polar surface area (TPSA) is 78.1 Å². The Balaban J connectivity index is 2.24. The maximum Gasteiger partial charge on any atom is 0.0515 e. The molecule has 3 aromatic carbocycles. The van der Waals surface area contributed by atoms with E-state index >= 15 is 0 Å². The molecule has 3 rings (SSSR count). The number of hydrogen-bond acceptors (Lipinski definition) is 3. The van der Waals surface area contributed by atoms with Crippen LogP contribution in [0.4, 0.5) is 17.1 Å². The number of aryl methyl sites for hydroxylation is 2. The molecule has 23 heavy (non-hydrogen) atoms. The van der Waals surface area contributed by atoms with E-state index in [1.807, 2.05) is 24.3 Å². The largest absolute Gasteiger partial charge is 0.398 e. The molecule has 0 aliphatic heterocycles. The lowest BCUT2D eigenvalue weighted by atomic mass is 9.92. The quantitative estimate of drug-likeness (QED) is 0.615. The van der Waals surface area contributed by atoms with Crippen molar-refractivity contribution in [1.82, 2.24) is 0 Å². The maximum atomic E-state index is 6.47. The van der Waals surface area contributed by atoms with Gasteiger partial charge in [0.25, 0.3) is 0 Å². The molecule has 3 aromatic rings. The van der Waals surface area contributed by atoms with Crippen LogP contribution >= 0.6 is 0 Å². The lowest BCUT2D eigenvalue weighted by Crippen LogP contribution is -2.03. The Morgan fingerprint density at radius 1 is 0.565 bits per heavy atom. The predicted molar refractivity (Wildman–Crippen MR) is 100 cm³/mol. The van der Waals surface area contributed by atoms with E-state index in [0.29, 0.717) is 17.1 Å². The highest BCUT2D eigenvalue weighted by Gasteiger charge is 2.16. The second-order valence-corrected chi connectivity index (χ2v) is 5.95. The van der Waals surface area contributed by atoms with Crippen LogP contribution in [0.25, 0.3) is 22.3 Å². The van der Waals surface area contributed by atoms with Crippen LogP contribution in [0, 0.1) is 13.8 Å². The van der Waals surface area contributed by atoms with Crippen LogP contribution in [0.2, 0.25) is 0 Å². The summed E-state index contributed by atoms with van der Waals surface area (Å²) >= 11 is 0. The highest BCUT2D eigenvalue weighted by atomic mass is 14.7. The van der Waals surface area contributed by atoms with Crippen molar-refractivity contribution >= 4 is 17.1 Å². The molecule has 0 aromatic heterocycles. The van der Waals surface area contributed by atoms with Crippen molar-refractivity contribution in [2.75, 3.05) is 17.2 Å². The summed E-state index contributed by atoms with van der Waals surface area (Å²) in [7, 11) is 0. The van der Waals surface area contributed by atoms with Crippen molar-refractivity contribution in [3.05, 3.63) is 65.7 Å². The van der Waals surface area contributed by atoms with Crippen LogP contribution in [0.5, 0.6) is 0 Å². The summed E-state index contributed by atoms with van der Waals surface area (Å²) < 4.78 is 0. The number of benzene rings is 3. The molecule has 0 unspecified atom stereocenters. The minimum absolute atomic E-state index is 0.597. The van der Waals surface area contributed by atoms with Crippen LogP contribution in [-0.2, 0) is 0 Å². The van der Waals surface area contributed by atoms with Gasteiger partial charge < -0.3 is 17.2 Å². The van der Waals surface area contributed by atoms with E-state index in [4.69, 9.17) is 17.2 Å². The predicted octanol–water partition coefficient (Wildman–Crippen LogP) is 4.38. The summed E-state index contributed by atoms with van der Waals surface area (Å²) in [5.74, 6) is 0. The summed E-state index contributed by atoms with van der Waals surface area (Å²) in [4.78, 5) is 0. The fraction of sp³-hybridized carbons (Fsp3) is 0.100. The van der Waals surface area contributed by atoms with Gasteiger partial charge in [-0.25, -0.2) is 0 Å². The van der Waals surface area contributed by atoms with Gasteiger partial charge in [-0.05, 0) is 31.0 Å². The van der Waals surface area contributed by atoms with Crippen LogP contribution < -0.4 is 17.2 Å². The van der Waals surface area contributed by atoms with E-state index < -0.39 is 0 Å². The van der Waals surface area contributed by atoms with Gasteiger partial charge in [0.2, 0.25) is 0 Å². The molecule has 0 saturated heterocycles. The van der Waals surface area contributed by atoms with Gasteiger partial charge in [-0.1, -0.05) is 59.7 Å². The molecule has 0 heterocycles. The zero-order chi connectivity index (χ0) is 16.6. The fourth-order valence-electron chi connectivity index (χ4n) is 2.83. The van der Waals surface area contributed by atoms with Crippen molar-refractivity contribution in [2.24, 2.45) is 0 Å². The van der Waals surface area contributed by atoms with Gasteiger partial charge in [0, 0.05) is 22.5 Å². The first-order valence-corrected chi connectivity index (χ1v) is 7.59. The summed E-state index contributed by atoms with van der Waals surface area (Å²) in [5, 5.41) is 0. The minimum atomic E-state index is 0.597. The molecular formula is C20H21N3. The van der Waals surface area contributed by atoms with E-state index in [9.17, 15) is 0 Å². The molecule has 3 nitrogen and oxygen atoms in total. The van der Waals surface area contributed by atoms with E-state index in [1.54, 1.807) is 6.07 Å². The van der Waals surface area contributed by atoms with Crippen molar-refractivity contribution in [3.8, 4) is 22.3 Å². The third-order valence-electron chi connectivity index (χ3n) is 4.11. The highest BCUT2D eigenvalue weighted by Crippen LogP contribution is 2.42. The first-order valence-electron chi connectivity index (χ1n) is 7.59. The first-order chi connectivity index (χ1) is 11.0. The Kier molecular flexibility index (Phi) is 3.70. The van der Waals surface area contributed by atoms with Gasteiger partial charge in [0.1, 0.15) is 0 Å². The Labute approximate surface area is 136 Å². The number of hydrogen-bond donors (Lipinski definition) is 3. The van der Waals surface area contributed by atoms with E-state index in [1.165, 1.54) is 11.1 Å². The second-order valence-electron chi connectivity index (χ2n) is 5.95. The number of anilines is 3. The average molecular weight is 303 g/mol. The van der Waals surface area contributed by atoms with Gasteiger partial charge in [-0.15, -0.1) is 0 Å². The number of nitrogen functional groups attached to an aromatic ring is 3. The molecule has 0 amide bonds. The van der Waals surface area contributed by atoms with Crippen LogP contribution in [0.3, 0.4) is 0 Å². The SMILES string of the molecule is Cc1ccc(-c2c(N)cc(N)c(-c3ccc(C)cc3)c2N)cc1. The molecular weight excluding hydrogens is 282 g/mol. The van der Waals surface area contributed by atoms with Crippen LogP contribution in [0.1, 0.15) is 11.1 Å². The van der Waals surface area contributed by atoms with Gasteiger partial charge >= 0.3 is 0 Å². The molecule has 0 atom stereocenters. The summed E-state index contributed by atoms with van der Waals surface area (Å²) in [5.41, 5.74) is 26.8. The van der Waals surface area contributed by atoms with E-state index in [-0.39, 0.29) is 0 Å². The molecule has 116 valence electrons. The Morgan fingerprint density at radius 2 is 0.913 bits per heavy atom. The highest BCUT2D eigenvalue weighted by molar-refractivity contribution is 6.00. The average Bonchev–Trinajstić information content (AvgIpc) is 2.50. The summed E-state index contributed by atoms with van der Waals surface area (Å²) in [6, 6.07) is 18.1.